The van der Waals surface area contributed by atoms with Crippen LogP contribution in [-0.2, 0) is 0 Å². The minimum absolute atomic E-state index is 0.0280. The van der Waals surface area contributed by atoms with Crippen LogP contribution in [0.15, 0.2) is 79.3 Å². The van der Waals surface area contributed by atoms with E-state index in [0.717, 1.165) is 29.2 Å². The molecule has 0 aliphatic carbocycles. The van der Waals surface area contributed by atoms with E-state index < -0.39 is 0 Å². The normalized spacial score (nSPS) is 18.5. The number of pyridine rings is 1. The average molecular weight is 425 g/mol. The maximum absolute atomic E-state index is 13.6. The first-order chi connectivity index (χ1) is 15.7. The van der Waals surface area contributed by atoms with E-state index in [-0.39, 0.29) is 18.1 Å². The number of benzene rings is 2. The van der Waals surface area contributed by atoms with Crippen LogP contribution in [0.3, 0.4) is 0 Å². The van der Waals surface area contributed by atoms with Gasteiger partial charge < -0.3 is 9.64 Å². The number of hydrogen-bond acceptors (Lipinski definition) is 5. The van der Waals surface area contributed by atoms with E-state index in [1.54, 1.807) is 24.7 Å². The molecule has 1 aliphatic heterocycles. The number of amides is 1. The van der Waals surface area contributed by atoms with Gasteiger partial charge in [0.05, 0.1) is 12.1 Å². The molecule has 1 aliphatic rings. The van der Waals surface area contributed by atoms with Gasteiger partial charge in [-0.2, -0.15) is 0 Å². The maximum Gasteiger partial charge on any atom is 0.254 e. The van der Waals surface area contributed by atoms with Crippen LogP contribution in [0.25, 0.3) is 22.2 Å². The summed E-state index contributed by atoms with van der Waals surface area (Å²) in [4.78, 5) is 28.7. The van der Waals surface area contributed by atoms with Crippen LogP contribution >= 0.6 is 0 Å². The Bertz CT molecular complexity index is 1240. The number of ether oxygens (including phenoxy) is 1. The van der Waals surface area contributed by atoms with Gasteiger partial charge in [0.1, 0.15) is 6.10 Å². The molecule has 2 aromatic carbocycles. The van der Waals surface area contributed by atoms with Crippen LogP contribution in [0.4, 0.5) is 0 Å². The van der Waals surface area contributed by atoms with Crippen LogP contribution < -0.4 is 4.74 Å². The van der Waals surface area contributed by atoms with Crippen molar-refractivity contribution in [1.29, 1.82) is 0 Å². The molecule has 0 bridgehead atoms. The van der Waals surface area contributed by atoms with Gasteiger partial charge >= 0.3 is 0 Å². The van der Waals surface area contributed by atoms with Crippen molar-refractivity contribution in [3.8, 4) is 17.3 Å². The van der Waals surface area contributed by atoms with Crippen LogP contribution in [0, 0.1) is 0 Å². The second-order valence-electron chi connectivity index (χ2n) is 8.08. The minimum Gasteiger partial charge on any atom is -0.472 e. The number of fused-ring (bicyclic) bond motifs is 1. The summed E-state index contributed by atoms with van der Waals surface area (Å²) in [5.74, 6) is 1.14. The molecule has 32 heavy (non-hydrogen) atoms. The smallest absolute Gasteiger partial charge is 0.254 e. The number of carbonyl (C=O) groups excluding carboxylic acids is 1. The molecule has 5 rings (SSSR count). The fourth-order valence-corrected chi connectivity index (χ4v) is 4.25. The zero-order valence-electron chi connectivity index (χ0n) is 17.9. The van der Waals surface area contributed by atoms with Gasteiger partial charge in [0.2, 0.25) is 5.88 Å². The topological polar surface area (TPSA) is 68.2 Å². The lowest BCUT2D eigenvalue weighted by Crippen LogP contribution is -2.49. The lowest BCUT2D eigenvalue weighted by atomic mass is 9.98. The van der Waals surface area contributed by atoms with Gasteiger partial charge in [0.15, 0.2) is 5.82 Å². The van der Waals surface area contributed by atoms with Crippen LogP contribution in [0.5, 0.6) is 5.88 Å². The average Bonchev–Trinajstić information content (AvgIpc) is 2.85. The first-order valence-corrected chi connectivity index (χ1v) is 10.9. The van der Waals surface area contributed by atoms with Crippen molar-refractivity contribution in [1.82, 2.24) is 19.9 Å². The van der Waals surface area contributed by atoms with Crippen LogP contribution in [-0.4, -0.2) is 44.4 Å². The number of hydrogen-bond donors (Lipinski definition) is 0. The highest BCUT2D eigenvalue weighted by molar-refractivity contribution is 6.00. The van der Waals surface area contributed by atoms with E-state index >= 15 is 0 Å². The first-order valence-electron chi connectivity index (χ1n) is 10.9. The van der Waals surface area contributed by atoms with Gasteiger partial charge in [-0.1, -0.05) is 36.4 Å². The number of nitrogens with zero attached hydrogens (tertiary/aromatic N) is 4. The van der Waals surface area contributed by atoms with Gasteiger partial charge in [0, 0.05) is 35.6 Å². The van der Waals surface area contributed by atoms with Gasteiger partial charge in [-0.05, 0) is 49.4 Å². The molecule has 0 spiro atoms. The monoisotopic (exact) mass is 424 g/mol. The standard InChI is InChI=1S/C26H24N4O2/c1-18-11-12-20(32-25-21-8-3-2-7-19(21)13-16-29-25)17-30(18)26(31)23-10-5-4-9-22(23)24-27-14-6-15-28-24/h2-10,13-16,18,20H,11-12,17H2,1H3/t18-,20-/m1/s1. The summed E-state index contributed by atoms with van der Waals surface area (Å²) >= 11 is 0. The fraction of sp³-hybridized carbons (Fsp3) is 0.231. The molecule has 0 radical (unpaired) electrons. The number of piperidine rings is 1. The molecule has 2 aromatic heterocycles. The molecule has 0 saturated carbocycles. The highest BCUT2D eigenvalue weighted by Crippen LogP contribution is 2.29. The Balaban J connectivity index is 1.40. The van der Waals surface area contributed by atoms with Crippen molar-refractivity contribution in [3.63, 3.8) is 0 Å². The Kier molecular flexibility index (Phi) is 5.50. The molecule has 6 heteroatoms. The molecule has 6 nitrogen and oxygen atoms in total. The van der Waals surface area contributed by atoms with Crippen molar-refractivity contribution >= 4 is 16.7 Å². The minimum atomic E-state index is -0.117. The Morgan fingerprint density at radius 3 is 2.56 bits per heavy atom. The molecule has 1 amide bonds. The zero-order chi connectivity index (χ0) is 21.9. The predicted molar refractivity (Wildman–Crippen MR) is 123 cm³/mol. The lowest BCUT2D eigenvalue weighted by molar-refractivity contribution is 0.0378. The molecular formula is C26H24N4O2. The Labute approximate surface area is 186 Å². The zero-order valence-corrected chi connectivity index (χ0v) is 17.9. The third kappa shape index (κ3) is 3.91. The fourth-order valence-electron chi connectivity index (χ4n) is 4.25. The van der Waals surface area contributed by atoms with E-state index in [0.29, 0.717) is 23.8 Å². The molecule has 160 valence electrons. The van der Waals surface area contributed by atoms with Crippen molar-refractivity contribution in [3.05, 3.63) is 84.8 Å². The van der Waals surface area contributed by atoms with E-state index in [4.69, 9.17) is 4.74 Å². The summed E-state index contributed by atoms with van der Waals surface area (Å²) in [6, 6.07) is 19.4. The number of carbonyl (C=O) groups is 1. The quantitative estimate of drug-likeness (QED) is 0.472. The predicted octanol–water partition coefficient (Wildman–Crippen LogP) is 4.76. The van der Waals surface area contributed by atoms with Crippen molar-refractivity contribution in [2.75, 3.05) is 6.54 Å². The SMILES string of the molecule is C[C@@H]1CC[C@@H](Oc2nccc3ccccc23)CN1C(=O)c1ccccc1-c1ncccn1. The highest BCUT2D eigenvalue weighted by atomic mass is 16.5. The first kappa shape index (κ1) is 20.1. The van der Waals surface area contributed by atoms with Gasteiger partial charge in [-0.15, -0.1) is 0 Å². The molecule has 0 unspecified atom stereocenters. The Morgan fingerprint density at radius 1 is 0.906 bits per heavy atom. The van der Waals surface area contributed by atoms with E-state index in [2.05, 4.69) is 21.9 Å². The van der Waals surface area contributed by atoms with Crippen LogP contribution in [0.1, 0.15) is 30.1 Å². The van der Waals surface area contributed by atoms with E-state index in [1.807, 2.05) is 59.5 Å². The molecule has 0 N–H and O–H groups in total. The van der Waals surface area contributed by atoms with E-state index in [9.17, 15) is 4.79 Å². The van der Waals surface area contributed by atoms with Gasteiger partial charge in [-0.3, -0.25) is 4.79 Å². The van der Waals surface area contributed by atoms with Gasteiger partial charge in [-0.25, -0.2) is 15.0 Å². The van der Waals surface area contributed by atoms with Gasteiger partial charge in [0.25, 0.3) is 5.91 Å². The maximum atomic E-state index is 13.6. The summed E-state index contributed by atoms with van der Waals surface area (Å²) in [5.41, 5.74) is 1.35. The Morgan fingerprint density at radius 2 is 1.69 bits per heavy atom. The van der Waals surface area contributed by atoms with E-state index in [1.165, 1.54) is 0 Å². The lowest BCUT2D eigenvalue weighted by Gasteiger charge is -2.38. The molecule has 1 fully saturated rings. The summed E-state index contributed by atoms with van der Waals surface area (Å²) < 4.78 is 6.32. The van der Waals surface area contributed by atoms with Crippen molar-refractivity contribution in [2.45, 2.75) is 31.9 Å². The summed E-state index contributed by atoms with van der Waals surface area (Å²) in [5, 5.41) is 2.07. The molecular weight excluding hydrogens is 400 g/mol. The Hall–Kier alpha value is -3.80. The third-order valence-corrected chi connectivity index (χ3v) is 5.98. The summed E-state index contributed by atoms with van der Waals surface area (Å²) in [7, 11) is 0. The molecule has 2 atom stereocenters. The second kappa shape index (κ2) is 8.75. The second-order valence-corrected chi connectivity index (χ2v) is 8.08. The molecule has 1 saturated heterocycles. The number of rotatable bonds is 4. The number of aromatic nitrogens is 3. The third-order valence-electron chi connectivity index (χ3n) is 5.98. The largest absolute Gasteiger partial charge is 0.472 e. The molecule has 3 heterocycles. The van der Waals surface area contributed by atoms with Crippen molar-refractivity contribution in [2.24, 2.45) is 0 Å². The number of likely N-dealkylation sites (tertiary alicyclic amines) is 1. The van der Waals surface area contributed by atoms with Crippen molar-refractivity contribution < 1.29 is 9.53 Å². The van der Waals surface area contributed by atoms with Crippen LogP contribution in [0.2, 0.25) is 0 Å². The summed E-state index contributed by atoms with van der Waals surface area (Å²) in [6.45, 7) is 2.60. The summed E-state index contributed by atoms with van der Waals surface area (Å²) in [6.07, 6.45) is 6.77. The molecule has 4 aromatic rings. The highest BCUT2D eigenvalue weighted by Gasteiger charge is 2.32.